The Kier molecular flexibility index (Phi) is 4.99. The van der Waals surface area contributed by atoms with Crippen LogP contribution in [0.3, 0.4) is 0 Å². The van der Waals surface area contributed by atoms with E-state index in [9.17, 15) is 9.18 Å². The molecule has 0 fully saturated rings. The molecule has 1 amide bonds. The van der Waals surface area contributed by atoms with Gasteiger partial charge in [0.05, 0.1) is 0 Å². The van der Waals surface area contributed by atoms with Crippen LogP contribution in [0.2, 0.25) is 0 Å². The number of amides is 1. The van der Waals surface area contributed by atoms with Crippen LogP contribution in [0, 0.1) is 12.7 Å². The Balaban J connectivity index is 1.72. The first kappa shape index (κ1) is 16.6. The van der Waals surface area contributed by atoms with E-state index in [1.54, 1.807) is 42.6 Å². The van der Waals surface area contributed by atoms with Gasteiger partial charge in [-0.3, -0.25) is 4.79 Å². The van der Waals surface area contributed by atoms with Crippen molar-refractivity contribution in [2.24, 2.45) is 0 Å². The van der Waals surface area contributed by atoms with E-state index in [4.69, 9.17) is 4.74 Å². The average molecular weight is 337 g/mol. The van der Waals surface area contributed by atoms with Crippen LogP contribution >= 0.6 is 0 Å². The quantitative estimate of drug-likeness (QED) is 0.772. The van der Waals surface area contributed by atoms with Crippen molar-refractivity contribution < 1.29 is 13.9 Å². The van der Waals surface area contributed by atoms with Crippen molar-refractivity contribution in [2.75, 3.05) is 0 Å². The van der Waals surface area contributed by atoms with Crippen molar-refractivity contribution in [2.45, 2.75) is 13.5 Å². The monoisotopic (exact) mass is 337 g/mol. The SMILES string of the molecule is Cc1cccc(C(=O)NCc2cccnc2Oc2cccc(F)c2)n1. The molecule has 0 saturated heterocycles. The normalized spacial score (nSPS) is 10.3. The van der Waals surface area contributed by atoms with Crippen LogP contribution in [0.1, 0.15) is 21.7 Å². The number of nitrogens with zero attached hydrogens (tertiary/aromatic N) is 2. The largest absolute Gasteiger partial charge is 0.439 e. The molecule has 1 aromatic carbocycles. The number of aromatic nitrogens is 2. The van der Waals surface area contributed by atoms with E-state index in [-0.39, 0.29) is 12.5 Å². The van der Waals surface area contributed by atoms with Crippen LogP contribution in [0.15, 0.2) is 60.8 Å². The van der Waals surface area contributed by atoms with Crippen molar-refractivity contribution in [1.29, 1.82) is 0 Å². The highest BCUT2D eigenvalue weighted by molar-refractivity contribution is 5.92. The van der Waals surface area contributed by atoms with Gasteiger partial charge in [0.2, 0.25) is 5.88 Å². The topological polar surface area (TPSA) is 64.1 Å². The van der Waals surface area contributed by atoms with Crippen molar-refractivity contribution in [3.05, 3.63) is 83.6 Å². The number of carbonyl (C=O) groups excluding carboxylic acids is 1. The molecule has 126 valence electrons. The Morgan fingerprint density at radius 3 is 2.80 bits per heavy atom. The molecule has 0 radical (unpaired) electrons. The highest BCUT2D eigenvalue weighted by Gasteiger charge is 2.11. The molecule has 3 rings (SSSR count). The van der Waals surface area contributed by atoms with Crippen molar-refractivity contribution >= 4 is 5.91 Å². The third kappa shape index (κ3) is 4.38. The smallest absolute Gasteiger partial charge is 0.270 e. The molecular weight excluding hydrogens is 321 g/mol. The first-order chi connectivity index (χ1) is 12.1. The third-order valence-electron chi connectivity index (χ3n) is 3.42. The Morgan fingerprint density at radius 1 is 1.16 bits per heavy atom. The third-order valence-corrected chi connectivity index (χ3v) is 3.42. The molecule has 0 unspecified atom stereocenters. The van der Waals surface area contributed by atoms with E-state index in [2.05, 4.69) is 15.3 Å². The summed E-state index contributed by atoms with van der Waals surface area (Å²) in [5, 5.41) is 2.78. The van der Waals surface area contributed by atoms with Crippen LogP contribution in [-0.2, 0) is 6.54 Å². The van der Waals surface area contributed by atoms with Gasteiger partial charge in [-0.2, -0.15) is 0 Å². The zero-order valence-corrected chi connectivity index (χ0v) is 13.6. The van der Waals surface area contributed by atoms with Crippen LogP contribution in [-0.4, -0.2) is 15.9 Å². The summed E-state index contributed by atoms with van der Waals surface area (Å²) in [6.07, 6.45) is 1.57. The lowest BCUT2D eigenvalue weighted by Gasteiger charge is -2.11. The van der Waals surface area contributed by atoms with E-state index in [0.29, 0.717) is 22.9 Å². The summed E-state index contributed by atoms with van der Waals surface area (Å²) in [6, 6.07) is 14.6. The number of hydrogen-bond donors (Lipinski definition) is 1. The average Bonchev–Trinajstić information content (AvgIpc) is 2.61. The number of benzene rings is 1. The molecule has 5 nitrogen and oxygen atoms in total. The van der Waals surface area contributed by atoms with Gasteiger partial charge in [0, 0.05) is 30.1 Å². The second-order valence-corrected chi connectivity index (χ2v) is 5.37. The summed E-state index contributed by atoms with van der Waals surface area (Å²) in [6.45, 7) is 2.04. The molecule has 1 N–H and O–H groups in total. The number of nitrogens with one attached hydrogen (secondary N) is 1. The Bertz CT molecular complexity index is 899. The van der Waals surface area contributed by atoms with E-state index in [1.807, 2.05) is 13.0 Å². The van der Waals surface area contributed by atoms with Crippen molar-refractivity contribution in [3.63, 3.8) is 0 Å². The van der Waals surface area contributed by atoms with Gasteiger partial charge in [-0.05, 0) is 37.3 Å². The van der Waals surface area contributed by atoms with Gasteiger partial charge in [-0.25, -0.2) is 14.4 Å². The maximum absolute atomic E-state index is 13.3. The molecule has 0 aliphatic carbocycles. The lowest BCUT2D eigenvalue weighted by Crippen LogP contribution is -2.24. The van der Waals surface area contributed by atoms with Crippen LogP contribution < -0.4 is 10.1 Å². The second kappa shape index (κ2) is 7.53. The fourth-order valence-corrected chi connectivity index (χ4v) is 2.23. The number of halogens is 1. The van der Waals surface area contributed by atoms with Crippen LogP contribution in [0.5, 0.6) is 11.6 Å². The summed E-state index contributed by atoms with van der Waals surface area (Å²) >= 11 is 0. The van der Waals surface area contributed by atoms with Gasteiger partial charge >= 0.3 is 0 Å². The van der Waals surface area contributed by atoms with E-state index in [1.165, 1.54) is 12.1 Å². The molecule has 0 spiro atoms. The molecule has 2 heterocycles. The lowest BCUT2D eigenvalue weighted by atomic mass is 10.2. The minimum Gasteiger partial charge on any atom is -0.439 e. The molecule has 6 heteroatoms. The minimum absolute atomic E-state index is 0.215. The van der Waals surface area contributed by atoms with Crippen LogP contribution in [0.4, 0.5) is 4.39 Å². The minimum atomic E-state index is -0.395. The number of ether oxygens (including phenoxy) is 1. The fourth-order valence-electron chi connectivity index (χ4n) is 2.23. The summed E-state index contributed by atoms with van der Waals surface area (Å²) in [7, 11) is 0. The standard InChI is InChI=1S/C19H16FN3O2/c1-13-5-2-9-17(23-13)18(24)22-12-14-6-4-10-21-19(14)25-16-8-3-7-15(20)11-16/h2-11H,12H2,1H3,(H,22,24). The summed E-state index contributed by atoms with van der Waals surface area (Å²) in [5.74, 6) is -0.0321. The maximum atomic E-state index is 13.3. The molecule has 0 bridgehead atoms. The molecule has 3 aromatic rings. The van der Waals surface area contributed by atoms with Gasteiger partial charge in [0.1, 0.15) is 17.3 Å². The number of carbonyl (C=O) groups is 1. The highest BCUT2D eigenvalue weighted by atomic mass is 19.1. The summed E-state index contributed by atoms with van der Waals surface area (Å²) < 4.78 is 18.9. The second-order valence-electron chi connectivity index (χ2n) is 5.37. The van der Waals surface area contributed by atoms with Gasteiger partial charge < -0.3 is 10.1 Å². The Labute approximate surface area is 144 Å². The first-order valence-corrected chi connectivity index (χ1v) is 7.71. The lowest BCUT2D eigenvalue weighted by molar-refractivity contribution is 0.0945. The molecule has 0 saturated carbocycles. The summed E-state index contributed by atoms with van der Waals surface area (Å²) in [4.78, 5) is 20.5. The van der Waals surface area contributed by atoms with E-state index >= 15 is 0 Å². The predicted molar refractivity (Wildman–Crippen MR) is 90.9 cm³/mol. The Morgan fingerprint density at radius 2 is 2.00 bits per heavy atom. The zero-order chi connectivity index (χ0) is 17.6. The van der Waals surface area contributed by atoms with Crippen LogP contribution in [0.25, 0.3) is 0 Å². The molecule has 0 atom stereocenters. The molecule has 0 aliphatic heterocycles. The van der Waals surface area contributed by atoms with Crippen molar-refractivity contribution in [1.82, 2.24) is 15.3 Å². The molecule has 0 aliphatic rings. The molecule has 25 heavy (non-hydrogen) atoms. The summed E-state index contributed by atoms with van der Waals surface area (Å²) in [5.41, 5.74) is 1.79. The van der Waals surface area contributed by atoms with E-state index < -0.39 is 5.82 Å². The van der Waals surface area contributed by atoms with Crippen molar-refractivity contribution in [3.8, 4) is 11.6 Å². The fraction of sp³-hybridized carbons (Fsp3) is 0.105. The van der Waals surface area contributed by atoms with E-state index in [0.717, 1.165) is 5.69 Å². The zero-order valence-electron chi connectivity index (χ0n) is 13.6. The number of hydrogen-bond acceptors (Lipinski definition) is 4. The number of aryl methyl sites for hydroxylation is 1. The predicted octanol–water partition coefficient (Wildman–Crippen LogP) is 3.65. The van der Waals surface area contributed by atoms with Gasteiger partial charge in [0.15, 0.2) is 0 Å². The Hall–Kier alpha value is -3.28. The van der Waals surface area contributed by atoms with Gasteiger partial charge in [0.25, 0.3) is 5.91 Å². The number of rotatable bonds is 5. The van der Waals surface area contributed by atoms with Gasteiger partial charge in [-0.15, -0.1) is 0 Å². The first-order valence-electron chi connectivity index (χ1n) is 7.71. The highest BCUT2D eigenvalue weighted by Crippen LogP contribution is 2.23. The van der Waals surface area contributed by atoms with Gasteiger partial charge in [-0.1, -0.05) is 18.2 Å². The molecular formula is C19H16FN3O2. The molecule has 2 aromatic heterocycles. The maximum Gasteiger partial charge on any atom is 0.270 e. The number of pyridine rings is 2.